The molecule has 0 aliphatic rings. The molecule has 116 valence electrons. The normalized spacial score (nSPS) is 11.9. The number of aliphatic hydroxyl groups excluding tert-OH is 1. The second-order valence-corrected chi connectivity index (χ2v) is 6.00. The van der Waals surface area contributed by atoms with Crippen LogP contribution in [0, 0.1) is 0 Å². The van der Waals surface area contributed by atoms with Gasteiger partial charge in [0.25, 0.3) is 0 Å². The summed E-state index contributed by atoms with van der Waals surface area (Å²) >= 11 is 7.44. The van der Waals surface area contributed by atoms with Crippen molar-refractivity contribution in [2.24, 2.45) is 0 Å². The molecule has 0 bridgehead atoms. The van der Waals surface area contributed by atoms with Gasteiger partial charge in [-0.25, -0.2) is 4.79 Å². The number of nitrogens with one attached hydrogen (secondary N) is 1. The summed E-state index contributed by atoms with van der Waals surface area (Å²) in [5, 5.41) is 20.8. The quantitative estimate of drug-likeness (QED) is 0.477. The first kappa shape index (κ1) is 17.8. The van der Waals surface area contributed by atoms with Crippen LogP contribution in [0.1, 0.15) is 19.3 Å². The third kappa shape index (κ3) is 7.94. The number of thioether (sulfide) groups is 1. The molecular weight excluding hydrogens is 314 g/mol. The number of amides is 1. The maximum atomic E-state index is 11.5. The van der Waals surface area contributed by atoms with Crippen molar-refractivity contribution in [3.05, 3.63) is 29.3 Å². The van der Waals surface area contributed by atoms with E-state index in [4.69, 9.17) is 21.8 Å². The Morgan fingerprint density at radius 2 is 1.95 bits per heavy atom. The topological polar surface area (TPSA) is 86.6 Å². The molecule has 0 aromatic heterocycles. The van der Waals surface area contributed by atoms with Crippen LogP contribution in [0.3, 0.4) is 0 Å². The van der Waals surface area contributed by atoms with Gasteiger partial charge in [-0.15, -0.1) is 11.8 Å². The number of carboxylic acid groups (broad SMARTS) is 1. The number of halogens is 1. The Labute approximate surface area is 132 Å². The molecule has 1 amide bonds. The minimum Gasteiger partial charge on any atom is -0.479 e. The van der Waals surface area contributed by atoms with Crippen molar-refractivity contribution < 1.29 is 19.8 Å². The van der Waals surface area contributed by atoms with Crippen molar-refractivity contribution in [1.29, 1.82) is 0 Å². The molecule has 1 aromatic carbocycles. The molecule has 21 heavy (non-hydrogen) atoms. The number of benzene rings is 1. The Bertz CT molecular complexity index is 467. The van der Waals surface area contributed by atoms with Gasteiger partial charge < -0.3 is 15.5 Å². The standard InChI is InChI=1S/C14H18ClNO4S/c15-10-3-5-11(6-4-10)21-9-1-2-13(18)16-8-7-12(17)14(19)20/h3-6,12,17H,1-2,7-9H2,(H,16,18)(H,19,20)/t12-/m0/s1. The summed E-state index contributed by atoms with van der Waals surface area (Å²) in [5.41, 5.74) is 0. The molecule has 0 saturated heterocycles. The highest BCUT2D eigenvalue weighted by molar-refractivity contribution is 7.99. The van der Waals surface area contributed by atoms with E-state index < -0.39 is 12.1 Å². The van der Waals surface area contributed by atoms with Crippen LogP contribution in [0.4, 0.5) is 0 Å². The van der Waals surface area contributed by atoms with Crippen molar-refractivity contribution in [2.45, 2.75) is 30.3 Å². The molecule has 0 saturated carbocycles. The Morgan fingerprint density at radius 3 is 2.57 bits per heavy atom. The predicted molar refractivity (Wildman–Crippen MR) is 82.7 cm³/mol. The number of rotatable bonds is 9. The van der Waals surface area contributed by atoms with Gasteiger partial charge >= 0.3 is 5.97 Å². The van der Waals surface area contributed by atoms with E-state index in [0.29, 0.717) is 11.4 Å². The van der Waals surface area contributed by atoms with Gasteiger partial charge in [0.1, 0.15) is 0 Å². The summed E-state index contributed by atoms with van der Waals surface area (Å²) in [4.78, 5) is 23.0. The first-order valence-corrected chi connectivity index (χ1v) is 7.91. The van der Waals surface area contributed by atoms with Gasteiger partial charge in [0.05, 0.1) is 0 Å². The average Bonchev–Trinajstić information content (AvgIpc) is 2.45. The van der Waals surface area contributed by atoms with Crippen LogP contribution in [0.25, 0.3) is 0 Å². The molecule has 0 heterocycles. The third-order valence-electron chi connectivity index (χ3n) is 2.66. The van der Waals surface area contributed by atoms with Crippen LogP contribution in [0.5, 0.6) is 0 Å². The summed E-state index contributed by atoms with van der Waals surface area (Å²) in [6.45, 7) is 0.163. The van der Waals surface area contributed by atoms with E-state index in [1.807, 2.05) is 24.3 Å². The molecule has 0 spiro atoms. The van der Waals surface area contributed by atoms with Gasteiger partial charge in [-0.2, -0.15) is 0 Å². The SMILES string of the molecule is O=C(CCCSc1ccc(Cl)cc1)NCC[C@H](O)C(=O)O. The van der Waals surface area contributed by atoms with Gasteiger partial charge in [-0.1, -0.05) is 11.6 Å². The number of aliphatic carboxylic acids is 1. The number of carbonyl (C=O) groups excluding carboxylic acids is 1. The van der Waals surface area contributed by atoms with Gasteiger partial charge in [-0.3, -0.25) is 4.79 Å². The van der Waals surface area contributed by atoms with Crippen molar-refractivity contribution in [3.8, 4) is 0 Å². The number of hydrogen-bond donors (Lipinski definition) is 3. The highest BCUT2D eigenvalue weighted by Gasteiger charge is 2.12. The Hall–Kier alpha value is -1.24. The summed E-state index contributed by atoms with van der Waals surface area (Å²) < 4.78 is 0. The zero-order valence-corrected chi connectivity index (χ0v) is 13.0. The molecule has 0 aliphatic carbocycles. The number of carbonyl (C=O) groups is 2. The second-order valence-electron chi connectivity index (χ2n) is 4.40. The summed E-state index contributed by atoms with van der Waals surface area (Å²) in [5.74, 6) is -0.597. The van der Waals surface area contributed by atoms with E-state index >= 15 is 0 Å². The fourth-order valence-electron chi connectivity index (χ4n) is 1.51. The number of carboxylic acids is 1. The zero-order chi connectivity index (χ0) is 15.7. The molecule has 0 radical (unpaired) electrons. The van der Waals surface area contributed by atoms with Gasteiger partial charge in [-0.05, 0) is 36.4 Å². The van der Waals surface area contributed by atoms with E-state index in [1.54, 1.807) is 11.8 Å². The van der Waals surface area contributed by atoms with E-state index in [9.17, 15) is 9.59 Å². The number of aliphatic hydroxyl groups is 1. The average molecular weight is 332 g/mol. The van der Waals surface area contributed by atoms with Gasteiger partial charge in [0.2, 0.25) is 5.91 Å². The Kier molecular flexibility index (Phi) is 8.19. The zero-order valence-electron chi connectivity index (χ0n) is 11.4. The van der Waals surface area contributed by atoms with Gasteiger partial charge in [0.15, 0.2) is 6.10 Å². The summed E-state index contributed by atoms with van der Waals surface area (Å²) in [7, 11) is 0. The minimum atomic E-state index is -1.43. The summed E-state index contributed by atoms with van der Waals surface area (Å²) in [6, 6.07) is 7.51. The van der Waals surface area contributed by atoms with Crippen LogP contribution in [0.2, 0.25) is 5.02 Å². The van der Waals surface area contributed by atoms with Crippen molar-refractivity contribution >= 4 is 35.2 Å². The lowest BCUT2D eigenvalue weighted by Gasteiger charge is -2.07. The van der Waals surface area contributed by atoms with E-state index in [0.717, 1.165) is 17.1 Å². The maximum absolute atomic E-state index is 11.5. The lowest BCUT2D eigenvalue weighted by Crippen LogP contribution is -2.29. The fourth-order valence-corrected chi connectivity index (χ4v) is 2.49. The monoisotopic (exact) mass is 331 g/mol. The Morgan fingerprint density at radius 1 is 1.29 bits per heavy atom. The van der Waals surface area contributed by atoms with Crippen molar-refractivity contribution in [3.63, 3.8) is 0 Å². The Balaban J connectivity index is 2.08. The predicted octanol–water partition coefficient (Wildman–Crippen LogP) is 2.16. The first-order chi connectivity index (χ1) is 9.99. The van der Waals surface area contributed by atoms with Crippen molar-refractivity contribution in [2.75, 3.05) is 12.3 Å². The largest absolute Gasteiger partial charge is 0.479 e. The molecular formula is C14H18ClNO4S. The smallest absolute Gasteiger partial charge is 0.332 e. The molecule has 1 aromatic rings. The first-order valence-electron chi connectivity index (χ1n) is 6.55. The van der Waals surface area contributed by atoms with Crippen LogP contribution in [-0.4, -0.2) is 40.5 Å². The van der Waals surface area contributed by atoms with Crippen LogP contribution in [0.15, 0.2) is 29.2 Å². The summed E-state index contributed by atoms with van der Waals surface area (Å²) in [6.07, 6.45) is -0.309. The lowest BCUT2D eigenvalue weighted by molar-refractivity contribution is -0.147. The second kappa shape index (κ2) is 9.65. The molecule has 3 N–H and O–H groups in total. The van der Waals surface area contributed by atoms with Crippen LogP contribution < -0.4 is 5.32 Å². The lowest BCUT2D eigenvalue weighted by atomic mass is 10.2. The minimum absolute atomic E-state index is 0.0145. The molecule has 0 fully saturated rings. The maximum Gasteiger partial charge on any atom is 0.332 e. The highest BCUT2D eigenvalue weighted by Crippen LogP contribution is 2.21. The molecule has 1 atom stereocenters. The third-order valence-corrected chi connectivity index (χ3v) is 4.01. The van der Waals surface area contributed by atoms with E-state index in [2.05, 4.69) is 5.32 Å². The van der Waals surface area contributed by atoms with Crippen LogP contribution >= 0.6 is 23.4 Å². The molecule has 0 unspecified atom stereocenters. The molecule has 0 aliphatic heterocycles. The van der Waals surface area contributed by atoms with E-state index in [1.165, 1.54) is 0 Å². The van der Waals surface area contributed by atoms with E-state index in [-0.39, 0.29) is 18.9 Å². The van der Waals surface area contributed by atoms with Crippen molar-refractivity contribution in [1.82, 2.24) is 5.32 Å². The number of hydrogen-bond acceptors (Lipinski definition) is 4. The molecule has 7 heteroatoms. The molecule has 5 nitrogen and oxygen atoms in total. The highest BCUT2D eigenvalue weighted by atomic mass is 35.5. The fraction of sp³-hybridized carbons (Fsp3) is 0.429. The van der Waals surface area contributed by atoms with Gasteiger partial charge in [0, 0.05) is 29.3 Å². The molecule has 1 rings (SSSR count). The van der Waals surface area contributed by atoms with Crippen LogP contribution in [-0.2, 0) is 9.59 Å².